The normalized spacial score (nSPS) is 10.2. The van der Waals surface area contributed by atoms with E-state index in [-0.39, 0.29) is 18.0 Å². The van der Waals surface area contributed by atoms with Gasteiger partial charge in [0.2, 0.25) is 5.78 Å². The molecule has 0 saturated heterocycles. The molecule has 0 amide bonds. The van der Waals surface area contributed by atoms with Crippen LogP contribution in [0.3, 0.4) is 0 Å². The Kier molecular flexibility index (Phi) is 3.82. The molecular formula is C12H9ClN3O3+. The Morgan fingerprint density at radius 1 is 1.32 bits per heavy atom. The lowest BCUT2D eigenvalue weighted by Crippen LogP contribution is -2.39. The molecule has 0 saturated carbocycles. The quantitative estimate of drug-likeness (QED) is 0.281. The Morgan fingerprint density at radius 2 is 2.00 bits per heavy atom. The molecule has 1 aromatic heterocycles. The van der Waals surface area contributed by atoms with Crippen molar-refractivity contribution in [2.24, 2.45) is 0 Å². The lowest BCUT2D eigenvalue weighted by Gasteiger charge is -2.01. The maximum atomic E-state index is 12.0. The van der Waals surface area contributed by atoms with Gasteiger partial charge in [-0.05, 0) is 23.7 Å². The fraction of sp³-hybridized carbons (Fsp3) is 0.0833. The van der Waals surface area contributed by atoms with Gasteiger partial charge in [-0.25, -0.2) is 4.57 Å². The van der Waals surface area contributed by atoms with Crippen molar-refractivity contribution in [3.05, 3.63) is 63.7 Å². The highest BCUT2D eigenvalue weighted by atomic mass is 35.5. The molecule has 0 atom stereocenters. The molecule has 0 radical (unpaired) electrons. The minimum atomic E-state index is -0.513. The van der Waals surface area contributed by atoms with E-state index in [2.05, 4.69) is 4.98 Å². The Hall–Kier alpha value is -2.34. The number of nitro groups is 1. The smallest absolute Gasteiger partial charge is 0.287 e. The van der Waals surface area contributed by atoms with E-state index >= 15 is 0 Å². The van der Waals surface area contributed by atoms with E-state index in [4.69, 9.17) is 11.6 Å². The van der Waals surface area contributed by atoms with Gasteiger partial charge in [0.15, 0.2) is 11.7 Å². The number of carbonyl (C=O) groups excluding carboxylic acids is 1. The zero-order valence-electron chi connectivity index (χ0n) is 9.69. The Bertz CT molecular complexity index is 628. The van der Waals surface area contributed by atoms with Gasteiger partial charge in [0.1, 0.15) is 6.20 Å². The zero-order chi connectivity index (χ0) is 13.8. The molecule has 6 nitrogen and oxygen atoms in total. The van der Waals surface area contributed by atoms with Gasteiger partial charge in [-0.2, -0.15) is 0 Å². The number of hydrogen-bond donors (Lipinski definition) is 0. The number of benzene rings is 1. The predicted molar refractivity (Wildman–Crippen MR) is 66.9 cm³/mol. The van der Waals surface area contributed by atoms with Crippen LogP contribution < -0.4 is 4.57 Å². The average molecular weight is 279 g/mol. The standard InChI is InChI=1S/C12H9ClN3O3/c13-12-5-6-14-8-15(12)7-11(17)9-1-3-10(4-2-9)16(18)19/h1-6,8H,7H2/q+1. The fourth-order valence-electron chi connectivity index (χ4n) is 1.51. The average Bonchev–Trinajstić information content (AvgIpc) is 2.41. The maximum absolute atomic E-state index is 12.0. The molecular weight excluding hydrogens is 270 g/mol. The monoisotopic (exact) mass is 278 g/mol. The molecule has 96 valence electrons. The van der Waals surface area contributed by atoms with Crippen LogP contribution in [0.25, 0.3) is 0 Å². The summed E-state index contributed by atoms with van der Waals surface area (Å²) < 4.78 is 1.49. The van der Waals surface area contributed by atoms with Crippen LogP contribution in [0.1, 0.15) is 10.4 Å². The lowest BCUT2D eigenvalue weighted by atomic mass is 10.1. The van der Waals surface area contributed by atoms with Crippen molar-refractivity contribution < 1.29 is 14.3 Å². The Morgan fingerprint density at radius 3 is 2.58 bits per heavy atom. The molecule has 1 heterocycles. The van der Waals surface area contributed by atoms with Crippen LogP contribution in [0.5, 0.6) is 0 Å². The molecule has 7 heteroatoms. The largest absolute Gasteiger partial charge is 0.290 e. The second kappa shape index (κ2) is 5.53. The lowest BCUT2D eigenvalue weighted by molar-refractivity contribution is -0.683. The summed E-state index contributed by atoms with van der Waals surface area (Å²) in [7, 11) is 0. The van der Waals surface area contributed by atoms with Crippen LogP contribution >= 0.6 is 11.6 Å². The van der Waals surface area contributed by atoms with Crippen LogP contribution in [0.15, 0.2) is 42.9 Å². The molecule has 0 unspecified atom stereocenters. The number of nitrogens with zero attached hydrogens (tertiary/aromatic N) is 3. The molecule has 19 heavy (non-hydrogen) atoms. The van der Waals surface area contributed by atoms with Gasteiger partial charge >= 0.3 is 0 Å². The van der Waals surface area contributed by atoms with Crippen LogP contribution in [0.4, 0.5) is 5.69 Å². The summed E-state index contributed by atoms with van der Waals surface area (Å²) in [6.45, 7) is 0.0322. The molecule has 0 bridgehead atoms. The third kappa shape index (κ3) is 3.11. The highest BCUT2D eigenvalue weighted by Crippen LogP contribution is 2.12. The molecule has 2 rings (SSSR count). The minimum absolute atomic E-state index is 0.0322. The van der Waals surface area contributed by atoms with Crippen molar-refractivity contribution >= 4 is 23.1 Å². The number of Topliss-reactive ketones (excluding diaryl/α,β-unsaturated/α-hetero) is 1. The molecule has 0 fully saturated rings. The molecule has 1 aromatic carbocycles. The van der Waals surface area contributed by atoms with Crippen molar-refractivity contribution in [3.63, 3.8) is 0 Å². The summed E-state index contributed by atoms with van der Waals surface area (Å²) in [6, 6.07) is 7.01. The summed E-state index contributed by atoms with van der Waals surface area (Å²) >= 11 is 5.90. The molecule has 2 aromatic rings. The van der Waals surface area contributed by atoms with Gasteiger partial charge in [0.05, 0.1) is 4.92 Å². The number of aromatic nitrogens is 2. The number of hydrogen-bond acceptors (Lipinski definition) is 4. The maximum Gasteiger partial charge on any atom is 0.287 e. The molecule has 0 aliphatic heterocycles. The van der Waals surface area contributed by atoms with E-state index in [1.807, 2.05) is 0 Å². The van der Waals surface area contributed by atoms with E-state index in [9.17, 15) is 14.9 Å². The summed E-state index contributed by atoms with van der Waals surface area (Å²) in [5.74, 6) is -0.199. The predicted octanol–water partition coefficient (Wildman–Crippen LogP) is 1.81. The Labute approximate surface area is 113 Å². The number of nitro benzene ring substituents is 1. The molecule has 0 spiro atoms. The number of carbonyl (C=O) groups is 1. The molecule has 0 aliphatic rings. The second-order valence-electron chi connectivity index (χ2n) is 3.76. The first-order valence-electron chi connectivity index (χ1n) is 5.34. The SMILES string of the molecule is O=C(C[n+]1cnccc1Cl)c1ccc([N+](=O)[O-])cc1. The van der Waals surface area contributed by atoms with Gasteiger partial charge in [-0.15, -0.1) is 0 Å². The number of non-ortho nitro benzene ring substituents is 1. The summed E-state index contributed by atoms with van der Waals surface area (Å²) in [4.78, 5) is 25.8. The van der Waals surface area contributed by atoms with Crippen molar-refractivity contribution in [2.45, 2.75) is 6.54 Å². The van der Waals surface area contributed by atoms with Crippen LogP contribution in [0, 0.1) is 10.1 Å². The first-order valence-corrected chi connectivity index (χ1v) is 5.72. The van der Waals surface area contributed by atoms with Gasteiger partial charge in [0, 0.05) is 23.8 Å². The highest BCUT2D eigenvalue weighted by Gasteiger charge is 2.14. The second-order valence-corrected chi connectivity index (χ2v) is 4.15. The van der Waals surface area contributed by atoms with E-state index in [1.54, 1.807) is 6.07 Å². The van der Waals surface area contributed by atoms with Crippen molar-refractivity contribution in [1.29, 1.82) is 0 Å². The van der Waals surface area contributed by atoms with E-state index in [0.29, 0.717) is 10.7 Å². The summed E-state index contributed by atoms with van der Waals surface area (Å²) in [5, 5.41) is 10.9. The zero-order valence-corrected chi connectivity index (χ0v) is 10.4. The van der Waals surface area contributed by atoms with Gasteiger partial charge in [0.25, 0.3) is 12.0 Å². The Balaban J connectivity index is 2.16. The van der Waals surface area contributed by atoms with E-state index in [0.717, 1.165) is 0 Å². The van der Waals surface area contributed by atoms with Crippen LogP contribution in [-0.4, -0.2) is 15.7 Å². The third-order valence-corrected chi connectivity index (χ3v) is 2.84. The van der Waals surface area contributed by atoms with Gasteiger partial charge in [-0.1, -0.05) is 4.98 Å². The fourth-order valence-corrected chi connectivity index (χ4v) is 1.67. The number of halogens is 1. The van der Waals surface area contributed by atoms with Crippen LogP contribution in [0.2, 0.25) is 5.15 Å². The first kappa shape index (κ1) is 13.1. The van der Waals surface area contributed by atoms with Gasteiger partial charge in [-0.3, -0.25) is 14.9 Å². The van der Waals surface area contributed by atoms with Crippen molar-refractivity contribution in [2.75, 3.05) is 0 Å². The first-order chi connectivity index (χ1) is 9.08. The molecule has 0 aliphatic carbocycles. The van der Waals surface area contributed by atoms with Crippen molar-refractivity contribution in [3.8, 4) is 0 Å². The highest BCUT2D eigenvalue weighted by molar-refractivity contribution is 6.28. The van der Waals surface area contributed by atoms with Crippen LogP contribution in [-0.2, 0) is 6.54 Å². The molecule has 0 N–H and O–H groups in total. The summed E-state index contributed by atoms with van der Waals surface area (Å²) in [5.41, 5.74) is 0.335. The van der Waals surface area contributed by atoms with E-state index in [1.165, 1.54) is 41.4 Å². The minimum Gasteiger partial charge on any atom is -0.290 e. The van der Waals surface area contributed by atoms with Crippen molar-refractivity contribution in [1.82, 2.24) is 4.98 Å². The summed E-state index contributed by atoms with van der Waals surface area (Å²) in [6.07, 6.45) is 2.97. The topological polar surface area (TPSA) is 77.0 Å². The van der Waals surface area contributed by atoms with Gasteiger partial charge < -0.3 is 0 Å². The van der Waals surface area contributed by atoms with E-state index < -0.39 is 4.92 Å². The number of rotatable bonds is 4. The third-order valence-electron chi connectivity index (χ3n) is 2.49. The number of ketones is 1.